The zero-order chi connectivity index (χ0) is 15.3. The fourth-order valence-corrected chi connectivity index (χ4v) is 6.45. The third-order valence-electron chi connectivity index (χ3n) is 7.66. The van der Waals surface area contributed by atoms with E-state index in [1.54, 1.807) is 0 Å². The minimum Gasteiger partial charge on any atom is -0.243 e. The third kappa shape index (κ3) is 2.13. The Morgan fingerprint density at radius 3 is 2.57 bits per heavy atom. The van der Waals surface area contributed by atoms with E-state index in [0.29, 0.717) is 29.1 Å². The minimum absolute atomic E-state index is 0.313. The van der Waals surface area contributed by atoms with Crippen molar-refractivity contribution in [3.8, 4) is 0 Å². The van der Waals surface area contributed by atoms with E-state index in [-0.39, 0.29) is 0 Å². The van der Waals surface area contributed by atoms with E-state index in [2.05, 4.69) is 27.4 Å². The molecule has 3 rings (SSSR count). The molecule has 120 valence electrons. The van der Waals surface area contributed by atoms with E-state index in [4.69, 9.17) is 0 Å². The van der Waals surface area contributed by atoms with E-state index in [9.17, 15) is 0 Å². The molecule has 0 spiro atoms. The van der Waals surface area contributed by atoms with Gasteiger partial charge in [0.1, 0.15) is 5.67 Å². The average molecular weight is 292 g/mol. The van der Waals surface area contributed by atoms with E-state index in [1.807, 2.05) is 0 Å². The Morgan fingerprint density at radius 2 is 1.90 bits per heavy atom. The first-order valence-electron chi connectivity index (χ1n) is 9.34. The Kier molecular flexibility index (Phi) is 3.99. The standard InChI is InChI=1S/C20H33F/c1-5-12-20(21)15(6-2)8-9-16-17-10-7-14(3)19(17,4)13-11-18(16)20/h15-18H,3,5-13H2,1-2,4H3/t15-,16-,17?,18?,19+,20+/m0/s1. The lowest BCUT2D eigenvalue weighted by Crippen LogP contribution is -2.54. The van der Waals surface area contributed by atoms with Crippen molar-refractivity contribution in [2.45, 2.75) is 84.2 Å². The van der Waals surface area contributed by atoms with Crippen LogP contribution in [-0.2, 0) is 0 Å². The van der Waals surface area contributed by atoms with Crippen LogP contribution in [0.3, 0.4) is 0 Å². The van der Waals surface area contributed by atoms with Crippen molar-refractivity contribution < 1.29 is 4.39 Å². The lowest BCUT2D eigenvalue weighted by Gasteiger charge is -2.56. The van der Waals surface area contributed by atoms with Gasteiger partial charge in [0.15, 0.2) is 0 Å². The molecule has 3 aliphatic carbocycles. The number of fused-ring (bicyclic) bond motifs is 3. The molecule has 0 aromatic heterocycles. The second kappa shape index (κ2) is 5.39. The molecule has 0 amide bonds. The largest absolute Gasteiger partial charge is 0.243 e. The van der Waals surface area contributed by atoms with Gasteiger partial charge in [0.05, 0.1) is 0 Å². The van der Waals surface area contributed by atoms with Crippen LogP contribution in [0.5, 0.6) is 0 Å². The minimum atomic E-state index is -0.877. The molecule has 0 aromatic carbocycles. The summed E-state index contributed by atoms with van der Waals surface area (Å²) in [5, 5.41) is 0. The van der Waals surface area contributed by atoms with Crippen molar-refractivity contribution in [3.63, 3.8) is 0 Å². The summed E-state index contributed by atoms with van der Waals surface area (Å²) in [4.78, 5) is 0. The molecule has 0 saturated heterocycles. The van der Waals surface area contributed by atoms with Gasteiger partial charge in [0.25, 0.3) is 0 Å². The molecule has 0 nitrogen and oxygen atoms in total. The van der Waals surface area contributed by atoms with Crippen LogP contribution in [0.1, 0.15) is 78.6 Å². The summed E-state index contributed by atoms with van der Waals surface area (Å²) in [6, 6.07) is 0. The fourth-order valence-electron chi connectivity index (χ4n) is 6.45. The molecule has 6 atom stereocenters. The molecule has 2 unspecified atom stereocenters. The lowest BCUT2D eigenvalue weighted by molar-refractivity contribution is -0.112. The maximum absolute atomic E-state index is 16.0. The van der Waals surface area contributed by atoms with Crippen molar-refractivity contribution in [1.29, 1.82) is 0 Å². The molecule has 1 heteroatoms. The predicted octanol–water partition coefficient (Wildman–Crippen LogP) is 6.31. The average Bonchev–Trinajstić information content (AvgIpc) is 2.76. The van der Waals surface area contributed by atoms with Gasteiger partial charge in [-0.15, -0.1) is 0 Å². The second-order valence-electron chi connectivity index (χ2n) is 8.33. The van der Waals surface area contributed by atoms with E-state index in [0.717, 1.165) is 32.1 Å². The van der Waals surface area contributed by atoms with Gasteiger partial charge < -0.3 is 0 Å². The van der Waals surface area contributed by atoms with Crippen LogP contribution in [0.4, 0.5) is 4.39 Å². The van der Waals surface area contributed by atoms with Gasteiger partial charge in [-0.05, 0) is 74.0 Å². The van der Waals surface area contributed by atoms with Crippen LogP contribution in [0, 0.1) is 29.1 Å². The zero-order valence-corrected chi connectivity index (χ0v) is 14.3. The highest BCUT2D eigenvalue weighted by atomic mass is 19.1. The van der Waals surface area contributed by atoms with E-state index in [1.165, 1.54) is 31.3 Å². The third-order valence-corrected chi connectivity index (χ3v) is 7.66. The number of halogens is 1. The molecule has 0 N–H and O–H groups in total. The Hall–Kier alpha value is -0.330. The van der Waals surface area contributed by atoms with Crippen LogP contribution in [0.15, 0.2) is 12.2 Å². The Labute approximate surface area is 130 Å². The first-order chi connectivity index (χ1) is 9.97. The number of hydrogen-bond acceptors (Lipinski definition) is 0. The van der Waals surface area contributed by atoms with Gasteiger partial charge >= 0.3 is 0 Å². The quantitative estimate of drug-likeness (QED) is 0.534. The topological polar surface area (TPSA) is 0 Å². The number of hydrogen-bond donors (Lipinski definition) is 0. The number of alkyl halides is 1. The summed E-state index contributed by atoms with van der Waals surface area (Å²) >= 11 is 0. The zero-order valence-electron chi connectivity index (χ0n) is 14.3. The first-order valence-corrected chi connectivity index (χ1v) is 9.34. The maximum atomic E-state index is 16.0. The molecule has 21 heavy (non-hydrogen) atoms. The van der Waals surface area contributed by atoms with Gasteiger partial charge in [0, 0.05) is 0 Å². The first kappa shape index (κ1) is 15.6. The van der Waals surface area contributed by atoms with Crippen molar-refractivity contribution in [3.05, 3.63) is 12.2 Å². The molecule has 3 aliphatic rings. The van der Waals surface area contributed by atoms with Crippen LogP contribution in [-0.4, -0.2) is 5.67 Å². The highest BCUT2D eigenvalue weighted by molar-refractivity contribution is 5.21. The molecule has 0 aliphatic heterocycles. The molecule has 3 saturated carbocycles. The molecule has 3 fully saturated rings. The van der Waals surface area contributed by atoms with E-state index < -0.39 is 5.67 Å². The highest BCUT2D eigenvalue weighted by Crippen LogP contribution is 2.64. The van der Waals surface area contributed by atoms with Crippen molar-refractivity contribution in [2.24, 2.45) is 29.1 Å². The summed E-state index contributed by atoms with van der Waals surface area (Å²) in [5.41, 5.74) is 0.911. The van der Waals surface area contributed by atoms with Gasteiger partial charge in [-0.3, -0.25) is 0 Å². The maximum Gasteiger partial charge on any atom is 0.116 e. The van der Waals surface area contributed by atoms with Crippen molar-refractivity contribution in [2.75, 3.05) is 0 Å². The molecular formula is C20H33F. The van der Waals surface area contributed by atoms with Crippen LogP contribution < -0.4 is 0 Å². The Morgan fingerprint density at radius 1 is 1.14 bits per heavy atom. The number of allylic oxidation sites excluding steroid dienone is 1. The molecule has 0 heterocycles. The smallest absolute Gasteiger partial charge is 0.116 e. The van der Waals surface area contributed by atoms with Crippen LogP contribution in [0.25, 0.3) is 0 Å². The Bertz CT molecular complexity index is 414. The number of rotatable bonds is 3. The molecule has 0 bridgehead atoms. The normalized spacial score (nSPS) is 49.8. The van der Waals surface area contributed by atoms with Crippen LogP contribution in [0.2, 0.25) is 0 Å². The molecule has 0 radical (unpaired) electrons. The Balaban J connectivity index is 1.90. The van der Waals surface area contributed by atoms with Crippen molar-refractivity contribution in [1.82, 2.24) is 0 Å². The second-order valence-corrected chi connectivity index (χ2v) is 8.33. The van der Waals surface area contributed by atoms with Gasteiger partial charge in [0.2, 0.25) is 0 Å². The monoisotopic (exact) mass is 292 g/mol. The summed E-state index contributed by atoms with van der Waals surface area (Å²) in [6.45, 7) is 11.1. The van der Waals surface area contributed by atoms with E-state index >= 15 is 4.39 Å². The van der Waals surface area contributed by atoms with Crippen molar-refractivity contribution >= 4 is 0 Å². The summed E-state index contributed by atoms with van der Waals surface area (Å²) in [5.74, 6) is 1.99. The fraction of sp³-hybridized carbons (Fsp3) is 0.900. The SMILES string of the molecule is C=C1CCC2[C@@H]3CC[C@H](CC)[C@](F)(CCC)C3CC[C@]12C. The van der Waals surface area contributed by atoms with Crippen LogP contribution >= 0.6 is 0 Å². The highest BCUT2D eigenvalue weighted by Gasteiger charge is 2.59. The lowest BCUT2D eigenvalue weighted by atomic mass is 9.50. The predicted molar refractivity (Wildman–Crippen MR) is 87.9 cm³/mol. The van der Waals surface area contributed by atoms with Gasteiger partial charge in [-0.2, -0.15) is 0 Å². The molecule has 0 aromatic rings. The summed E-state index contributed by atoms with van der Waals surface area (Å²) < 4.78 is 16.0. The van der Waals surface area contributed by atoms with Gasteiger partial charge in [-0.25, -0.2) is 4.39 Å². The summed E-state index contributed by atoms with van der Waals surface area (Å²) in [7, 11) is 0. The summed E-state index contributed by atoms with van der Waals surface area (Å²) in [6.07, 6.45) is 9.94. The van der Waals surface area contributed by atoms with Gasteiger partial charge in [-0.1, -0.05) is 45.8 Å². The molecular weight excluding hydrogens is 259 g/mol.